The Labute approximate surface area is 228 Å². The quantitative estimate of drug-likeness (QED) is 0.292. The summed E-state index contributed by atoms with van der Waals surface area (Å²) in [7, 11) is -2.31. The predicted molar refractivity (Wildman–Crippen MR) is 144 cm³/mol. The lowest BCUT2D eigenvalue weighted by Gasteiger charge is -2.20. The number of hydrazone groups is 1. The van der Waals surface area contributed by atoms with Crippen molar-refractivity contribution in [2.75, 3.05) is 18.4 Å². The van der Waals surface area contributed by atoms with E-state index in [1.165, 1.54) is 29.5 Å². The fourth-order valence-electron chi connectivity index (χ4n) is 4.03. The molecule has 0 bridgehead atoms. The Kier molecular flexibility index (Phi) is 7.48. The molecule has 1 unspecified atom stereocenters. The van der Waals surface area contributed by atoms with Gasteiger partial charge in [-0.25, -0.2) is 18.2 Å². The van der Waals surface area contributed by atoms with Crippen molar-refractivity contribution in [2.45, 2.75) is 16.7 Å². The van der Waals surface area contributed by atoms with Crippen molar-refractivity contribution >= 4 is 44.6 Å². The molecule has 10 nitrogen and oxygen atoms in total. The molecule has 4 aromatic rings. The minimum atomic E-state index is -3.89. The molecular formula is C27H23N3O7S2. The van der Waals surface area contributed by atoms with Crippen molar-refractivity contribution in [3.05, 3.63) is 101 Å². The van der Waals surface area contributed by atoms with E-state index in [2.05, 4.69) is 9.82 Å². The maximum absolute atomic E-state index is 13.2. The Bertz CT molecular complexity index is 1600. The van der Waals surface area contributed by atoms with Crippen LogP contribution in [0.25, 0.3) is 0 Å². The van der Waals surface area contributed by atoms with Crippen molar-refractivity contribution < 1.29 is 31.9 Å². The van der Waals surface area contributed by atoms with Gasteiger partial charge in [0.25, 0.3) is 15.9 Å². The van der Waals surface area contributed by atoms with Gasteiger partial charge in [-0.15, -0.1) is 11.3 Å². The Hall–Kier alpha value is -4.42. The number of ether oxygens (including phenoxy) is 2. The summed E-state index contributed by atoms with van der Waals surface area (Å²) in [6, 6.07) is 19.3. The van der Waals surface area contributed by atoms with E-state index in [4.69, 9.17) is 13.9 Å². The van der Waals surface area contributed by atoms with Gasteiger partial charge in [-0.3, -0.25) is 9.52 Å². The number of methoxy groups -OCH3 is 1. The molecule has 0 aliphatic carbocycles. The van der Waals surface area contributed by atoms with E-state index in [0.29, 0.717) is 23.6 Å². The van der Waals surface area contributed by atoms with Crippen molar-refractivity contribution in [3.8, 4) is 5.75 Å². The summed E-state index contributed by atoms with van der Waals surface area (Å²) in [5.74, 6) is -0.196. The summed E-state index contributed by atoms with van der Waals surface area (Å²) in [6.45, 7) is -0.610. The monoisotopic (exact) mass is 565 g/mol. The van der Waals surface area contributed by atoms with E-state index < -0.39 is 34.5 Å². The third-order valence-electron chi connectivity index (χ3n) is 5.94. The van der Waals surface area contributed by atoms with Gasteiger partial charge in [-0.2, -0.15) is 5.10 Å². The molecule has 0 radical (unpaired) electrons. The van der Waals surface area contributed by atoms with Gasteiger partial charge in [0.2, 0.25) is 0 Å². The molecule has 12 heteroatoms. The number of carbonyl (C=O) groups is 2. The minimum absolute atomic E-state index is 0.0307. The van der Waals surface area contributed by atoms with E-state index in [9.17, 15) is 18.0 Å². The van der Waals surface area contributed by atoms with E-state index in [1.807, 2.05) is 12.1 Å². The third kappa shape index (κ3) is 5.71. The summed E-state index contributed by atoms with van der Waals surface area (Å²) >= 11 is 1.05. The summed E-state index contributed by atoms with van der Waals surface area (Å²) in [5.41, 5.74) is 1.48. The van der Waals surface area contributed by atoms with Crippen LogP contribution >= 0.6 is 11.3 Å². The van der Waals surface area contributed by atoms with Gasteiger partial charge in [0, 0.05) is 6.42 Å². The number of para-hydroxylation sites is 1. The first-order valence-electron chi connectivity index (χ1n) is 11.8. The number of nitrogens with zero attached hydrogens (tertiary/aromatic N) is 2. The normalized spacial score (nSPS) is 15.1. The van der Waals surface area contributed by atoms with Gasteiger partial charge < -0.3 is 13.9 Å². The second kappa shape index (κ2) is 11.1. The van der Waals surface area contributed by atoms with Crippen LogP contribution in [0.3, 0.4) is 0 Å². The van der Waals surface area contributed by atoms with E-state index in [-0.39, 0.29) is 15.5 Å². The van der Waals surface area contributed by atoms with Crippen LogP contribution in [0.4, 0.5) is 5.69 Å². The molecule has 1 aliphatic heterocycles. The Morgan fingerprint density at radius 2 is 1.87 bits per heavy atom. The summed E-state index contributed by atoms with van der Waals surface area (Å²) < 4.78 is 43.9. The van der Waals surface area contributed by atoms with Crippen molar-refractivity contribution in [2.24, 2.45) is 5.10 Å². The second-order valence-electron chi connectivity index (χ2n) is 8.41. The number of nitrogens with one attached hydrogen (secondary N) is 1. The van der Waals surface area contributed by atoms with Crippen LogP contribution in [0, 0.1) is 0 Å². The van der Waals surface area contributed by atoms with Gasteiger partial charge in [0.15, 0.2) is 6.61 Å². The number of rotatable bonds is 9. The molecule has 1 amide bonds. The van der Waals surface area contributed by atoms with Crippen LogP contribution in [0.5, 0.6) is 5.75 Å². The van der Waals surface area contributed by atoms with Crippen LogP contribution in [0.2, 0.25) is 0 Å². The molecule has 0 fully saturated rings. The smallest absolute Gasteiger partial charge is 0.340 e. The maximum Gasteiger partial charge on any atom is 0.340 e. The molecule has 0 spiro atoms. The topological polar surface area (TPSA) is 128 Å². The van der Waals surface area contributed by atoms with Crippen LogP contribution < -0.4 is 9.46 Å². The molecule has 1 N–H and O–H groups in total. The maximum atomic E-state index is 13.2. The molecule has 0 saturated carbocycles. The summed E-state index contributed by atoms with van der Waals surface area (Å²) in [6.07, 6.45) is 1.91. The molecule has 2 aromatic heterocycles. The standard InChI is InChI=1S/C27H23N3O7S2/c1-35-19-12-10-18(11-13-19)22-16-23(24-8-4-14-36-24)30(28-22)25(31)17-37-27(32)20-6-2-3-7-21(20)29-39(33,34)26-9-5-15-38-26/h2-15,23,29H,16-17H2,1H3. The Balaban J connectivity index is 1.32. The Morgan fingerprint density at radius 3 is 2.56 bits per heavy atom. The van der Waals surface area contributed by atoms with Crippen LogP contribution in [-0.4, -0.2) is 44.7 Å². The minimum Gasteiger partial charge on any atom is -0.497 e. The lowest BCUT2D eigenvalue weighted by Crippen LogP contribution is -2.31. The highest BCUT2D eigenvalue weighted by atomic mass is 32.2. The zero-order valence-electron chi connectivity index (χ0n) is 20.6. The van der Waals surface area contributed by atoms with E-state index in [1.54, 1.807) is 55.0 Å². The van der Waals surface area contributed by atoms with Gasteiger partial charge in [-0.05, 0) is 65.5 Å². The lowest BCUT2D eigenvalue weighted by molar-refractivity contribution is -0.136. The van der Waals surface area contributed by atoms with Gasteiger partial charge in [0.05, 0.1) is 30.3 Å². The van der Waals surface area contributed by atoms with Crippen molar-refractivity contribution in [1.82, 2.24) is 5.01 Å². The highest BCUT2D eigenvalue weighted by Crippen LogP contribution is 2.33. The van der Waals surface area contributed by atoms with Gasteiger partial charge in [0.1, 0.15) is 21.8 Å². The number of esters is 1. The lowest BCUT2D eigenvalue weighted by atomic mass is 10.0. The number of anilines is 1. The van der Waals surface area contributed by atoms with Crippen molar-refractivity contribution in [1.29, 1.82) is 0 Å². The third-order valence-corrected chi connectivity index (χ3v) is 8.70. The number of amides is 1. The van der Waals surface area contributed by atoms with E-state index >= 15 is 0 Å². The molecule has 200 valence electrons. The SMILES string of the molecule is COc1ccc(C2=NN(C(=O)COC(=O)c3ccccc3NS(=O)(=O)c3cccs3)C(c3ccco3)C2)cc1. The summed E-state index contributed by atoms with van der Waals surface area (Å²) in [5, 5.41) is 7.40. The zero-order chi connectivity index (χ0) is 27.4. The molecule has 3 heterocycles. The van der Waals surface area contributed by atoms with Crippen LogP contribution in [-0.2, 0) is 19.6 Å². The van der Waals surface area contributed by atoms with Crippen molar-refractivity contribution in [3.63, 3.8) is 0 Å². The molecule has 2 aromatic carbocycles. The first kappa shape index (κ1) is 26.2. The number of thiophene rings is 1. The first-order valence-corrected chi connectivity index (χ1v) is 14.1. The fourth-order valence-corrected chi connectivity index (χ4v) is 6.11. The molecule has 1 atom stereocenters. The average molecular weight is 566 g/mol. The number of furan rings is 1. The first-order chi connectivity index (χ1) is 18.9. The van der Waals surface area contributed by atoms with Crippen LogP contribution in [0.1, 0.15) is 34.1 Å². The largest absolute Gasteiger partial charge is 0.497 e. The fraction of sp³-hybridized carbons (Fsp3) is 0.148. The number of hydrogen-bond donors (Lipinski definition) is 1. The highest BCUT2D eigenvalue weighted by Gasteiger charge is 2.35. The molecule has 5 rings (SSSR count). The predicted octanol–water partition coefficient (Wildman–Crippen LogP) is 4.69. The average Bonchev–Trinajstić information content (AvgIpc) is 3.74. The number of hydrogen-bond acceptors (Lipinski definition) is 9. The summed E-state index contributed by atoms with van der Waals surface area (Å²) in [4.78, 5) is 26.1. The highest BCUT2D eigenvalue weighted by molar-refractivity contribution is 7.94. The number of benzene rings is 2. The number of sulfonamides is 1. The van der Waals surface area contributed by atoms with Gasteiger partial charge in [-0.1, -0.05) is 18.2 Å². The Morgan fingerprint density at radius 1 is 1.08 bits per heavy atom. The van der Waals surface area contributed by atoms with Gasteiger partial charge >= 0.3 is 5.97 Å². The molecule has 39 heavy (non-hydrogen) atoms. The van der Waals surface area contributed by atoms with Crippen LogP contribution in [0.15, 0.2) is 98.2 Å². The molecule has 1 aliphatic rings. The molecule has 0 saturated heterocycles. The zero-order valence-corrected chi connectivity index (χ0v) is 22.3. The molecular weight excluding hydrogens is 542 g/mol. The van der Waals surface area contributed by atoms with E-state index in [0.717, 1.165) is 16.9 Å². The second-order valence-corrected chi connectivity index (χ2v) is 11.3. The number of carbonyl (C=O) groups excluding carboxylic acids is 2.